The molecule has 0 radical (unpaired) electrons. The molecule has 2 aromatic heterocycles. The molecule has 20 heavy (non-hydrogen) atoms. The maximum Gasteiger partial charge on any atom is 0.309 e. The summed E-state index contributed by atoms with van der Waals surface area (Å²) in [6.07, 6.45) is -0.430. The summed E-state index contributed by atoms with van der Waals surface area (Å²) in [5.74, 6) is -0.424. The Labute approximate surface area is 117 Å². The average molecular weight is 298 g/mol. The number of nitrogens with two attached hydrogens (primary N) is 1. The lowest BCUT2D eigenvalue weighted by atomic mass is 10.1. The minimum absolute atomic E-state index is 0.0378. The van der Waals surface area contributed by atoms with Crippen LogP contribution >= 0.6 is 11.3 Å². The molecule has 0 spiro atoms. The Kier molecular flexibility index (Phi) is 3.21. The number of aromatic nitrogens is 3. The summed E-state index contributed by atoms with van der Waals surface area (Å²) in [7, 11) is 0. The summed E-state index contributed by atoms with van der Waals surface area (Å²) in [5, 5.41) is 29.2. The molecule has 0 aromatic carbocycles. The molecule has 2 heterocycles. The van der Waals surface area contributed by atoms with Gasteiger partial charge in [-0.15, -0.1) is 0 Å². The zero-order chi connectivity index (χ0) is 14.4. The van der Waals surface area contributed by atoms with Gasteiger partial charge in [0.25, 0.3) is 0 Å². The number of rotatable bonds is 2. The van der Waals surface area contributed by atoms with Crippen molar-refractivity contribution >= 4 is 27.6 Å². The van der Waals surface area contributed by atoms with Crippen LogP contribution in [-0.2, 0) is 0 Å². The van der Waals surface area contributed by atoms with Crippen LogP contribution in [-0.4, -0.2) is 48.7 Å². The summed E-state index contributed by atoms with van der Waals surface area (Å²) in [6, 6.07) is -0.627. The van der Waals surface area contributed by atoms with Crippen LogP contribution in [0.2, 0.25) is 0 Å². The van der Waals surface area contributed by atoms with Gasteiger partial charge in [0.2, 0.25) is 5.95 Å². The second-order valence-electron chi connectivity index (χ2n) is 4.88. The molecule has 5 N–H and O–H groups in total. The predicted octanol–water partition coefficient (Wildman–Crippen LogP) is -1.29. The fraction of sp³-hybridized carbons (Fsp3) is 0.545. The Morgan fingerprint density at radius 2 is 2.20 bits per heavy atom. The molecule has 1 saturated carbocycles. The largest absolute Gasteiger partial charge is 0.396 e. The van der Waals surface area contributed by atoms with E-state index >= 15 is 0 Å². The van der Waals surface area contributed by atoms with Crippen molar-refractivity contribution in [3.05, 3.63) is 15.9 Å². The van der Waals surface area contributed by atoms with Gasteiger partial charge in [-0.05, 0) is 6.42 Å². The van der Waals surface area contributed by atoms with Crippen molar-refractivity contribution in [1.82, 2.24) is 14.5 Å². The molecule has 1 aliphatic rings. The molecule has 8 nitrogen and oxygen atoms in total. The van der Waals surface area contributed by atoms with Crippen LogP contribution in [0.25, 0.3) is 10.3 Å². The fourth-order valence-electron chi connectivity index (χ4n) is 2.68. The monoisotopic (exact) mass is 298 g/mol. The molecular formula is C11H14N4O4S. The first-order valence-corrected chi connectivity index (χ1v) is 6.95. The molecule has 2 aromatic rings. The molecule has 0 amide bonds. The normalized spacial score (nSPS) is 30.1. The van der Waals surface area contributed by atoms with E-state index in [9.17, 15) is 20.1 Å². The van der Waals surface area contributed by atoms with Gasteiger partial charge in [-0.25, -0.2) is 4.98 Å². The summed E-state index contributed by atoms with van der Waals surface area (Å²) >= 11 is 0.958. The van der Waals surface area contributed by atoms with Crippen molar-refractivity contribution in [3.63, 3.8) is 0 Å². The first kappa shape index (κ1) is 13.4. The Morgan fingerprint density at radius 3 is 2.85 bits per heavy atom. The van der Waals surface area contributed by atoms with Gasteiger partial charge < -0.3 is 21.1 Å². The van der Waals surface area contributed by atoms with E-state index in [1.165, 1.54) is 10.8 Å². The minimum Gasteiger partial charge on any atom is -0.396 e. The van der Waals surface area contributed by atoms with Crippen LogP contribution in [0.4, 0.5) is 5.95 Å². The molecule has 0 saturated heterocycles. The van der Waals surface area contributed by atoms with Crippen molar-refractivity contribution in [1.29, 1.82) is 0 Å². The summed E-state index contributed by atoms with van der Waals surface area (Å²) in [4.78, 5) is 19.7. The van der Waals surface area contributed by atoms with Crippen LogP contribution in [0, 0.1) is 5.92 Å². The van der Waals surface area contributed by atoms with Gasteiger partial charge in [0, 0.05) is 12.5 Å². The zero-order valence-electron chi connectivity index (χ0n) is 10.4. The van der Waals surface area contributed by atoms with Gasteiger partial charge in [-0.2, -0.15) is 4.98 Å². The maximum absolute atomic E-state index is 12.1. The lowest BCUT2D eigenvalue weighted by Crippen LogP contribution is -2.32. The number of anilines is 1. The summed E-state index contributed by atoms with van der Waals surface area (Å²) in [6.45, 7) is -0.247. The standard InChI is InChI=1S/C11H14N4O4S/c12-10-13-2-6-9(14-10)15(11(19)20-6)5-1-4(3-16)7(17)8(5)18/h2,4-5,7-8,16-18H,1,3H2,(H2,12,13,14)/t4-,5-,7-,8+/m1/s1. The fourth-order valence-corrected chi connectivity index (χ4v) is 3.53. The van der Waals surface area contributed by atoms with E-state index in [0.29, 0.717) is 16.8 Å². The Balaban J connectivity index is 2.13. The first-order chi connectivity index (χ1) is 9.52. The van der Waals surface area contributed by atoms with Crippen molar-refractivity contribution in [3.8, 4) is 0 Å². The van der Waals surface area contributed by atoms with E-state index in [4.69, 9.17) is 5.73 Å². The number of hydrogen-bond donors (Lipinski definition) is 4. The van der Waals surface area contributed by atoms with Crippen LogP contribution < -0.4 is 10.6 Å². The highest BCUT2D eigenvalue weighted by Crippen LogP contribution is 2.36. The van der Waals surface area contributed by atoms with Gasteiger partial charge in [-0.3, -0.25) is 9.36 Å². The van der Waals surface area contributed by atoms with Crippen LogP contribution in [0.15, 0.2) is 11.0 Å². The van der Waals surface area contributed by atoms with E-state index in [-0.39, 0.29) is 17.4 Å². The van der Waals surface area contributed by atoms with Crippen molar-refractivity contribution in [2.75, 3.05) is 12.3 Å². The van der Waals surface area contributed by atoms with E-state index < -0.39 is 24.2 Å². The van der Waals surface area contributed by atoms with E-state index in [1.54, 1.807) is 0 Å². The summed E-state index contributed by atoms with van der Waals surface area (Å²) in [5.41, 5.74) is 5.88. The maximum atomic E-state index is 12.1. The van der Waals surface area contributed by atoms with Crippen molar-refractivity contribution < 1.29 is 15.3 Å². The molecule has 108 valence electrons. The molecule has 4 atom stereocenters. The van der Waals surface area contributed by atoms with Gasteiger partial charge >= 0.3 is 4.87 Å². The van der Waals surface area contributed by atoms with Crippen molar-refractivity contribution in [2.24, 2.45) is 5.92 Å². The SMILES string of the molecule is Nc1ncc2sc(=O)n([C@@H]3C[C@H](CO)[C@@H](O)[C@H]3O)c2n1. The Hall–Kier alpha value is -1.55. The van der Waals surface area contributed by atoms with Crippen molar-refractivity contribution in [2.45, 2.75) is 24.7 Å². The number of nitrogen functional groups attached to an aromatic ring is 1. The third-order valence-corrected chi connectivity index (χ3v) is 4.59. The Morgan fingerprint density at radius 1 is 1.45 bits per heavy atom. The topological polar surface area (TPSA) is 134 Å². The third-order valence-electron chi connectivity index (χ3n) is 3.71. The van der Waals surface area contributed by atoms with Crippen LogP contribution in [0.3, 0.4) is 0 Å². The predicted molar refractivity (Wildman–Crippen MR) is 72.3 cm³/mol. The highest BCUT2D eigenvalue weighted by Gasteiger charge is 2.43. The number of thiazole rings is 1. The van der Waals surface area contributed by atoms with Crippen LogP contribution in [0.1, 0.15) is 12.5 Å². The molecular weight excluding hydrogens is 284 g/mol. The molecule has 1 fully saturated rings. The number of aliphatic hydroxyl groups excluding tert-OH is 3. The average Bonchev–Trinajstić information content (AvgIpc) is 2.88. The number of fused-ring (bicyclic) bond motifs is 1. The second kappa shape index (κ2) is 4.77. The lowest BCUT2D eigenvalue weighted by molar-refractivity contribution is -0.00386. The molecule has 1 aliphatic carbocycles. The Bertz CT molecular complexity index is 699. The second-order valence-corrected chi connectivity index (χ2v) is 5.87. The lowest BCUT2D eigenvalue weighted by Gasteiger charge is -2.17. The van der Waals surface area contributed by atoms with Gasteiger partial charge in [0.05, 0.1) is 23.0 Å². The summed E-state index contributed by atoms with van der Waals surface area (Å²) < 4.78 is 1.90. The van der Waals surface area contributed by atoms with E-state index in [2.05, 4.69) is 9.97 Å². The molecule has 3 rings (SSSR count). The molecule has 0 bridgehead atoms. The molecule has 0 unspecified atom stereocenters. The third kappa shape index (κ3) is 1.90. The van der Waals surface area contributed by atoms with E-state index in [1.807, 2.05) is 0 Å². The number of nitrogens with zero attached hydrogens (tertiary/aromatic N) is 3. The van der Waals surface area contributed by atoms with Gasteiger partial charge in [0.15, 0.2) is 5.65 Å². The smallest absolute Gasteiger partial charge is 0.309 e. The highest BCUT2D eigenvalue weighted by molar-refractivity contribution is 7.16. The van der Waals surface area contributed by atoms with Gasteiger partial charge in [-0.1, -0.05) is 11.3 Å². The van der Waals surface area contributed by atoms with Crippen LogP contribution in [0.5, 0.6) is 0 Å². The molecule has 0 aliphatic heterocycles. The highest BCUT2D eigenvalue weighted by atomic mass is 32.1. The number of hydrogen-bond acceptors (Lipinski definition) is 8. The number of aliphatic hydroxyl groups is 3. The van der Waals surface area contributed by atoms with Gasteiger partial charge in [0.1, 0.15) is 6.10 Å². The zero-order valence-corrected chi connectivity index (χ0v) is 11.2. The van der Waals surface area contributed by atoms with E-state index in [0.717, 1.165) is 11.3 Å². The quantitative estimate of drug-likeness (QED) is 0.542. The minimum atomic E-state index is -1.13. The molecule has 9 heteroatoms. The first-order valence-electron chi connectivity index (χ1n) is 6.13.